The number of methoxy groups -OCH3 is 1. The molecule has 3 atom stereocenters. The number of hydrogen-bond donors (Lipinski definition) is 4. The number of aliphatic hydroxyl groups excluding tert-OH is 2. The number of nitrogen functional groups attached to an aromatic ring is 1. The predicted molar refractivity (Wildman–Crippen MR) is 68.8 cm³/mol. The highest BCUT2D eigenvalue weighted by molar-refractivity contribution is 5.76. The molecular weight excluding hydrogens is 271 g/mol. The summed E-state index contributed by atoms with van der Waals surface area (Å²) in [5, 5.41) is 18.8. The number of hydrogen-bond acceptors (Lipinski definition) is 6. The number of halogens is 1. The number of aliphatic hydroxyl groups is 2. The summed E-state index contributed by atoms with van der Waals surface area (Å²) >= 11 is 0. The Bertz CT molecular complexity index is 651. The van der Waals surface area contributed by atoms with Gasteiger partial charge in [0.15, 0.2) is 5.52 Å². The number of anilines is 1. The summed E-state index contributed by atoms with van der Waals surface area (Å²) in [6.07, 6.45) is -3.58. The maximum atomic E-state index is 14.3. The van der Waals surface area contributed by atoms with Crippen LogP contribution in [0.3, 0.4) is 0 Å². The lowest BCUT2D eigenvalue weighted by Crippen LogP contribution is -2.36. The Morgan fingerprint density at radius 1 is 1.65 bits per heavy atom. The fraction of sp³-hybridized carbons (Fsp3) is 0.455. The second kappa shape index (κ2) is 5.57. The van der Waals surface area contributed by atoms with E-state index in [1.807, 2.05) is 0 Å². The first-order valence-electron chi connectivity index (χ1n) is 5.80. The van der Waals surface area contributed by atoms with Crippen LogP contribution in [0, 0.1) is 0 Å². The topological polar surface area (TPSA) is 126 Å². The third-order valence-corrected chi connectivity index (χ3v) is 3.01. The quantitative estimate of drug-likeness (QED) is 0.566. The SMILES string of the molecule is CO[C@H](CO)[C@@H](O)[C@@H](F)n1cnc2c(=O)[nH]c(N)cc21. The van der Waals surface area contributed by atoms with E-state index in [1.54, 1.807) is 0 Å². The maximum Gasteiger partial charge on any atom is 0.277 e. The second-order valence-corrected chi connectivity index (χ2v) is 4.26. The summed E-state index contributed by atoms with van der Waals surface area (Å²) in [7, 11) is 1.24. The number of rotatable bonds is 5. The lowest BCUT2D eigenvalue weighted by Gasteiger charge is -2.23. The molecule has 2 aromatic rings. The minimum Gasteiger partial charge on any atom is -0.394 e. The van der Waals surface area contributed by atoms with Gasteiger partial charge in [-0.2, -0.15) is 0 Å². The van der Waals surface area contributed by atoms with Crippen molar-refractivity contribution in [3.63, 3.8) is 0 Å². The van der Waals surface area contributed by atoms with Crippen LogP contribution in [0.1, 0.15) is 6.30 Å². The first-order chi connectivity index (χ1) is 9.49. The zero-order valence-electron chi connectivity index (χ0n) is 10.7. The van der Waals surface area contributed by atoms with E-state index in [-0.39, 0.29) is 16.9 Å². The molecular formula is C11H15FN4O4. The molecule has 0 saturated heterocycles. The van der Waals surface area contributed by atoms with Crippen molar-refractivity contribution in [2.24, 2.45) is 0 Å². The van der Waals surface area contributed by atoms with E-state index in [1.165, 1.54) is 13.2 Å². The third kappa shape index (κ3) is 2.38. The molecule has 0 unspecified atom stereocenters. The number of H-pyrrole nitrogens is 1. The number of nitrogens with two attached hydrogens (primary N) is 1. The lowest BCUT2D eigenvalue weighted by molar-refractivity contribution is -0.0890. The van der Waals surface area contributed by atoms with Crippen molar-refractivity contribution < 1.29 is 19.3 Å². The van der Waals surface area contributed by atoms with Crippen molar-refractivity contribution in [1.82, 2.24) is 14.5 Å². The Hall–Kier alpha value is -1.97. The Labute approximate surface area is 112 Å². The van der Waals surface area contributed by atoms with Gasteiger partial charge in [-0.15, -0.1) is 0 Å². The minimum atomic E-state index is -1.95. The molecule has 9 heteroatoms. The molecule has 110 valence electrons. The molecule has 20 heavy (non-hydrogen) atoms. The molecule has 2 aromatic heterocycles. The van der Waals surface area contributed by atoms with Crippen LogP contribution in [0.5, 0.6) is 0 Å². The van der Waals surface area contributed by atoms with Gasteiger partial charge in [-0.3, -0.25) is 9.36 Å². The number of pyridine rings is 1. The Morgan fingerprint density at radius 2 is 2.35 bits per heavy atom. The van der Waals surface area contributed by atoms with Gasteiger partial charge in [0.05, 0.1) is 18.5 Å². The van der Waals surface area contributed by atoms with Crippen molar-refractivity contribution in [3.05, 3.63) is 22.7 Å². The van der Waals surface area contributed by atoms with Gasteiger partial charge in [0.1, 0.15) is 18.0 Å². The highest BCUT2D eigenvalue weighted by Crippen LogP contribution is 2.23. The van der Waals surface area contributed by atoms with Crippen molar-refractivity contribution >= 4 is 16.9 Å². The van der Waals surface area contributed by atoms with Gasteiger partial charge in [-0.1, -0.05) is 0 Å². The first kappa shape index (κ1) is 14.4. The van der Waals surface area contributed by atoms with Crippen LogP contribution in [-0.2, 0) is 4.74 Å². The molecule has 0 bridgehead atoms. The number of imidazole rings is 1. The maximum absolute atomic E-state index is 14.3. The van der Waals surface area contributed by atoms with Gasteiger partial charge < -0.3 is 25.7 Å². The van der Waals surface area contributed by atoms with E-state index < -0.39 is 30.7 Å². The Kier molecular flexibility index (Phi) is 4.02. The summed E-state index contributed by atoms with van der Waals surface area (Å²) in [6.45, 7) is -0.548. The van der Waals surface area contributed by atoms with E-state index in [0.29, 0.717) is 0 Å². The lowest BCUT2D eigenvalue weighted by atomic mass is 10.2. The molecule has 0 aliphatic heterocycles. The smallest absolute Gasteiger partial charge is 0.277 e. The molecule has 0 saturated carbocycles. The van der Waals surface area contributed by atoms with Gasteiger partial charge >= 0.3 is 0 Å². The van der Waals surface area contributed by atoms with E-state index in [0.717, 1.165) is 10.9 Å². The fourth-order valence-electron chi connectivity index (χ4n) is 1.92. The average molecular weight is 286 g/mol. The van der Waals surface area contributed by atoms with E-state index in [4.69, 9.17) is 15.6 Å². The highest BCUT2D eigenvalue weighted by atomic mass is 19.1. The Morgan fingerprint density at radius 3 is 2.95 bits per heavy atom. The number of alkyl halides is 1. The number of nitrogens with zero attached hydrogens (tertiary/aromatic N) is 2. The van der Waals surface area contributed by atoms with Crippen LogP contribution in [-0.4, -0.2) is 50.7 Å². The molecule has 0 aliphatic rings. The van der Waals surface area contributed by atoms with Crippen molar-refractivity contribution in [2.75, 3.05) is 19.5 Å². The van der Waals surface area contributed by atoms with Crippen molar-refractivity contribution in [2.45, 2.75) is 18.5 Å². The van der Waals surface area contributed by atoms with Gasteiger partial charge in [-0.05, 0) is 0 Å². The number of nitrogens with one attached hydrogen (secondary N) is 1. The highest BCUT2D eigenvalue weighted by Gasteiger charge is 2.30. The second-order valence-electron chi connectivity index (χ2n) is 4.26. The fourth-order valence-corrected chi connectivity index (χ4v) is 1.92. The van der Waals surface area contributed by atoms with Gasteiger partial charge in [-0.25, -0.2) is 9.37 Å². The van der Waals surface area contributed by atoms with Crippen LogP contribution in [0.2, 0.25) is 0 Å². The average Bonchev–Trinajstić information content (AvgIpc) is 2.83. The van der Waals surface area contributed by atoms with Gasteiger partial charge in [0.25, 0.3) is 5.56 Å². The summed E-state index contributed by atoms with van der Waals surface area (Å²) in [6, 6.07) is 1.34. The minimum absolute atomic E-state index is 0.00650. The third-order valence-electron chi connectivity index (χ3n) is 3.01. The summed E-state index contributed by atoms with van der Waals surface area (Å²) in [5.41, 5.74) is 5.10. The van der Waals surface area contributed by atoms with Gasteiger partial charge in [0, 0.05) is 13.2 Å². The standard InChI is InChI=1S/C11H15FN4O4/c1-20-6(3-17)9(18)10(12)16-4-14-8-5(16)2-7(13)15-11(8)19/h2,4,6,9-10,17-18H,3H2,1H3,(H3,13,15,19)/t6-,9-,10+/m1/s1. The molecule has 5 N–H and O–H groups in total. The summed E-state index contributed by atoms with van der Waals surface area (Å²) in [4.78, 5) is 17.7. The molecule has 0 spiro atoms. The normalized spacial score (nSPS) is 16.2. The summed E-state index contributed by atoms with van der Waals surface area (Å²) in [5.74, 6) is 0.0522. The molecule has 0 aliphatic carbocycles. The zero-order chi connectivity index (χ0) is 14.9. The molecule has 2 rings (SSSR count). The van der Waals surface area contributed by atoms with Crippen molar-refractivity contribution in [1.29, 1.82) is 0 Å². The van der Waals surface area contributed by atoms with Crippen LogP contribution in [0.15, 0.2) is 17.2 Å². The van der Waals surface area contributed by atoms with E-state index in [9.17, 15) is 14.3 Å². The largest absolute Gasteiger partial charge is 0.394 e. The van der Waals surface area contributed by atoms with Crippen LogP contribution < -0.4 is 11.3 Å². The molecule has 0 fully saturated rings. The van der Waals surface area contributed by atoms with E-state index in [2.05, 4.69) is 9.97 Å². The van der Waals surface area contributed by atoms with Gasteiger partial charge in [0.2, 0.25) is 6.30 Å². The number of aromatic amines is 1. The predicted octanol–water partition coefficient (Wildman–Crippen LogP) is -0.857. The van der Waals surface area contributed by atoms with Crippen LogP contribution in [0.25, 0.3) is 11.0 Å². The summed E-state index contributed by atoms with van der Waals surface area (Å²) < 4.78 is 20.0. The first-order valence-corrected chi connectivity index (χ1v) is 5.80. The van der Waals surface area contributed by atoms with E-state index >= 15 is 0 Å². The molecule has 2 heterocycles. The van der Waals surface area contributed by atoms with Crippen LogP contribution in [0.4, 0.5) is 10.2 Å². The zero-order valence-corrected chi connectivity index (χ0v) is 10.7. The Balaban J connectivity index is 2.45. The van der Waals surface area contributed by atoms with Crippen LogP contribution >= 0.6 is 0 Å². The number of aromatic nitrogens is 3. The molecule has 0 amide bonds. The molecule has 0 aromatic carbocycles. The van der Waals surface area contributed by atoms with Crippen molar-refractivity contribution in [3.8, 4) is 0 Å². The number of fused-ring (bicyclic) bond motifs is 1. The number of ether oxygens (including phenoxy) is 1. The monoisotopic (exact) mass is 286 g/mol. The molecule has 0 radical (unpaired) electrons. The molecule has 8 nitrogen and oxygen atoms in total.